The first-order valence-corrected chi connectivity index (χ1v) is 10.0. The predicted molar refractivity (Wildman–Crippen MR) is 88.5 cm³/mol. The van der Waals surface area contributed by atoms with Gasteiger partial charge in [0.15, 0.2) is 0 Å². The molecular weight excluding hydrogens is 360 g/mol. The van der Waals surface area contributed by atoms with Gasteiger partial charge >= 0.3 is 0 Å². The predicted octanol–water partition coefficient (Wildman–Crippen LogP) is 3.56. The molecule has 0 saturated carbocycles. The second kappa shape index (κ2) is 8.48. The summed E-state index contributed by atoms with van der Waals surface area (Å²) in [6.45, 7) is 5.66. The third-order valence-corrected chi connectivity index (χ3v) is 7.22. The zero-order valence-electron chi connectivity index (χ0n) is 12.1. The molecule has 0 bridgehead atoms. The number of hydrogen-bond donors (Lipinski definition) is 1. The number of rotatable bonds is 9. The second-order valence-corrected chi connectivity index (χ2v) is 9.03. The molecule has 0 aliphatic heterocycles. The average Bonchev–Trinajstić information content (AvgIpc) is 2.80. The Kier molecular flexibility index (Phi) is 7.68. The maximum atomic E-state index is 12.8. The topological polar surface area (TPSA) is 63.4 Å². The van der Waals surface area contributed by atoms with Gasteiger partial charge in [0.2, 0.25) is 10.0 Å². The molecule has 0 fully saturated rings. The minimum Gasteiger partial charge on any atom is -0.326 e. The van der Waals surface area contributed by atoms with Crippen molar-refractivity contribution in [2.75, 3.05) is 13.1 Å². The molecule has 1 aromatic heterocycles. The molecule has 20 heavy (non-hydrogen) atoms. The summed E-state index contributed by atoms with van der Waals surface area (Å²) in [4.78, 5) is 1.23. The van der Waals surface area contributed by atoms with Crippen molar-refractivity contribution in [3.05, 3.63) is 14.7 Å². The summed E-state index contributed by atoms with van der Waals surface area (Å²) >= 11 is 4.75. The lowest BCUT2D eigenvalue weighted by molar-refractivity contribution is 0.395. The van der Waals surface area contributed by atoms with E-state index in [1.165, 1.54) is 11.3 Å². The molecule has 0 amide bonds. The van der Waals surface area contributed by atoms with E-state index in [0.717, 1.165) is 30.6 Å². The Labute approximate surface area is 134 Å². The summed E-state index contributed by atoms with van der Waals surface area (Å²) in [6.07, 6.45) is 3.73. The molecule has 0 aliphatic carbocycles. The van der Waals surface area contributed by atoms with Crippen molar-refractivity contribution >= 4 is 37.3 Å². The highest BCUT2D eigenvalue weighted by Gasteiger charge is 2.27. The highest BCUT2D eigenvalue weighted by atomic mass is 79.9. The van der Waals surface area contributed by atoms with E-state index >= 15 is 0 Å². The Balaban J connectivity index is 3.03. The fourth-order valence-corrected chi connectivity index (χ4v) is 5.86. The standard InChI is InChI=1S/C13H23BrN2O2S2/c1-3-5-7-16(8-6-4-2)20(17,18)12-9-11(10-15)19-13(12)14/h9H,3-8,10,15H2,1-2H3. The van der Waals surface area contributed by atoms with Crippen LogP contribution in [0.25, 0.3) is 0 Å². The second-order valence-electron chi connectivity index (χ2n) is 4.67. The number of hydrogen-bond acceptors (Lipinski definition) is 4. The Morgan fingerprint density at radius 2 is 1.80 bits per heavy atom. The summed E-state index contributed by atoms with van der Waals surface area (Å²) in [5, 5.41) is 0. The van der Waals surface area contributed by atoms with Gasteiger partial charge in [0.25, 0.3) is 0 Å². The highest BCUT2D eigenvalue weighted by Crippen LogP contribution is 2.33. The molecule has 0 radical (unpaired) electrons. The van der Waals surface area contributed by atoms with Crippen LogP contribution < -0.4 is 5.73 Å². The van der Waals surface area contributed by atoms with Crippen LogP contribution in [-0.2, 0) is 16.6 Å². The Bertz CT molecular complexity index is 506. The highest BCUT2D eigenvalue weighted by molar-refractivity contribution is 9.11. The molecule has 7 heteroatoms. The van der Waals surface area contributed by atoms with Crippen molar-refractivity contribution in [3.63, 3.8) is 0 Å². The third-order valence-electron chi connectivity index (χ3n) is 3.05. The van der Waals surface area contributed by atoms with Crippen molar-refractivity contribution in [1.82, 2.24) is 4.31 Å². The minimum atomic E-state index is -3.42. The molecule has 0 saturated heterocycles. The molecule has 0 aliphatic rings. The summed E-state index contributed by atoms with van der Waals surface area (Å²) in [6, 6.07) is 1.69. The van der Waals surface area contributed by atoms with Gasteiger partial charge in [-0.2, -0.15) is 4.31 Å². The number of thiophene rings is 1. The zero-order chi connectivity index (χ0) is 15.2. The first-order chi connectivity index (χ1) is 9.47. The lowest BCUT2D eigenvalue weighted by atomic mass is 10.3. The van der Waals surface area contributed by atoms with E-state index in [1.807, 2.05) is 0 Å². The van der Waals surface area contributed by atoms with Gasteiger partial charge in [-0.3, -0.25) is 0 Å². The molecule has 1 aromatic rings. The van der Waals surface area contributed by atoms with Crippen LogP contribution in [0.5, 0.6) is 0 Å². The first-order valence-electron chi connectivity index (χ1n) is 6.95. The Morgan fingerprint density at radius 3 is 2.20 bits per heavy atom. The Morgan fingerprint density at radius 1 is 1.25 bits per heavy atom. The fraction of sp³-hybridized carbons (Fsp3) is 0.692. The van der Waals surface area contributed by atoms with Gasteiger partial charge in [-0.05, 0) is 34.8 Å². The fourth-order valence-electron chi connectivity index (χ4n) is 1.83. The van der Waals surface area contributed by atoms with Gasteiger partial charge in [0, 0.05) is 24.5 Å². The average molecular weight is 383 g/mol. The van der Waals surface area contributed by atoms with Crippen molar-refractivity contribution in [2.45, 2.75) is 51.0 Å². The van der Waals surface area contributed by atoms with Crippen molar-refractivity contribution in [1.29, 1.82) is 0 Å². The van der Waals surface area contributed by atoms with E-state index in [0.29, 0.717) is 28.3 Å². The van der Waals surface area contributed by atoms with Gasteiger partial charge in [0.1, 0.15) is 4.90 Å². The minimum absolute atomic E-state index is 0.357. The van der Waals surface area contributed by atoms with Gasteiger partial charge in [-0.25, -0.2) is 8.42 Å². The summed E-state index contributed by atoms with van der Waals surface area (Å²) in [5.74, 6) is 0. The van der Waals surface area contributed by atoms with Crippen LogP contribution in [0.2, 0.25) is 0 Å². The monoisotopic (exact) mass is 382 g/mol. The molecule has 2 N–H and O–H groups in total. The van der Waals surface area contributed by atoms with E-state index in [4.69, 9.17) is 5.73 Å². The van der Waals surface area contributed by atoms with Gasteiger partial charge < -0.3 is 5.73 Å². The van der Waals surface area contributed by atoms with Crippen LogP contribution in [-0.4, -0.2) is 25.8 Å². The molecule has 1 rings (SSSR count). The maximum Gasteiger partial charge on any atom is 0.245 e. The molecule has 0 atom stereocenters. The Hall–Kier alpha value is 0.0500. The van der Waals surface area contributed by atoms with Gasteiger partial charge in [-0.1, -0.05) is 26.7 Å². The number of sulfonamides is 1. The number of unbranched alkanes of at least 4 members (excludes halogenated alkanes) is 2. The molecule has 1 heterocycles. The first kappa shape index (κ1) is 18.1. The van der Waals surface area contributed by atoms with Crippen LogP contribution in [0.3, 0.4) is 0 Å². The van der Waals surface area contributed by atoms with Crippen LogP contribution in [0.1, 0.15) is 44.4 Å². The molecular formula is C13H23BrN2O2S2. The maximum absolute atomic E-state index is 12.8. The normalized spacial score (nSPS) is 12.2. The lowest BCUT2D eigenvalue weighted by Crippen LogP contribution is -2.33. The SMILES string of the molecule is CCCCN(CCCC)S(=O)(=O)c1cc(CN)sc1Br. The van der Waals surface area contributed by atoms with Gasteiger partial charge in [0.05, 0.1) is 3.79 Å². The van der Waals surface area contributed by atoms with E-state index in [1.54, 1.807) is 10.4 Å². The van der Waals surface area contributed by atoms with Crippen LogP contribution >= 0.6 is 27.3 Å². The van der Waals surface area contributed by atoms with Crippen molar-refractivity contribution in [3.8, 4) is 0 Å². The van der Waals surface area contributed by atoms with Crippen molar-refractivity contribution in [2.24, 2.45) is 5.73 Å². The molecule has 116 valence electrons. The molecule has 0 spiro atoms. The largest absolute Gasteiger partial charge is 0.326 e. The van der Waals surface area contributed by atoms with E-state index in [9.17, 15) is 8.42 Å². The van der Waals surface area contributed by atoms with Gasteiger partial charge in [-0.15, -0.1) is 11.3 Å². The number of halogens is 1. The molecule has 4 nitrogen and oxygen atoms in total. The number of nitrogens with two attached hydrogens (primary N) is 1. The van der Waals surface area contributed by atoms with E-state index in [2.05, 4.69) is 29.8 Å². The summed E-state index contributed by atoms with van der Waals surface area (Å²) in [5.41, 5.74) is 5.59. The molecule has 0 aromatic carbocycles. The summed E-state index contributed by atoms with van der Waals surface area (Å²) < 4.78 is 27.8. The summed E-state index contributed by atoms with van der Waals surface area (Å²) in [7, 11) is -3.42. The van der Waals surface area contributed by atoms with E-state index in [-0.39, 0.29) is 0 Å². The lowest BCUT2D eigenvalue weighted by Gasteiger charge is -2.21. The van der Waals surface area contributed by atoms with Crippen LogP contribution in [0, 0.1) is 0 Å². The smallest absolute Gasteiger partial charge is 0.245 e. The van der Waals surface area contributed by atoms with Crippen molar-refractivity contribution < 1.29 is 8.42 Å². The third kappa shape index (κ3) is 4.53. The van der Waals surface area contributed by atoms with E-state index < -0.39 is 10.0 Å². The quantitative estimate of drug-likeness (QED) is 0.709. The zero-order valence-corrected chi connectivity index (χ0v) is 15.3. The number of nitrogens with zero attached hydrogens (tertiary/aromatic N) is 1. The van der Waals surface area contributed by atoms with Crippen LogP contribution in [0.15, 0.2) is 14.7 Å². The molecule has 0 unspecified atom stereocenters. The van der Waals surface area contributed by atoms with Crippen LogP contribution in [0.4, 0.5) is 0 Å².